The summed E-state index contributed by atoms with van der Waals surface area (Å²) in [6.45, 7) is 1.56. The molecule has 0 radical (unpaired) electrons. The maximum Gasteiger partial charge on any atom is 0.308 e. The highest BCUT2D eigenvalue weighted by Crippen LogP contribution is 2.25. The molecule has 0 unspecified atom stereocenters. The smallest absolute Gasteiger partial charge is 0.308 e. The molecule has 0 aliphatic heterocycles. The van der Waals surface area contributed by atoms with Crippen LogP contribution in [-0.4, -0.2) is 30.4 Å². The van der Waals surface area contributed by atoms with Crippen LogP contribution in [0.4, 0.5) is 5.69 Å². The van der Waals surface area contributed by atoms with Crippen LogP contribution in [0.25, 0.3) is 0 Å². The van der Waals surface area contributed by atoms with E-state index in [0.29, 0.717) is 16.3 Å². The van der Waals surface area contributed by atoms with Gasteiger partial charge in [0.25, 0.3) is 11.8 Å². The number of anilines is 1. The number of carbonyl (C=O) groups excluding carboxylic acids is 3. The maximum atomic E-state index is 12.1. The quantitative estimate of drug-likeness (QED) is 0.675. The van der Waals surface area contributed by atoms with Crippen molar-refractivity contribution in [2.24, 2.45) is 0 Å². The summed E-state index contributed by atoms with van der Waals surface area (Å²) in [5, 5.41) is 9.39. The number of esters is 1. The Labute approximate surface area is 164 Å². The van der Waals surface area contributed by atoms with Gasteiger partial charge in [-0.05, 0) is 36.6 Å². The molecular formula is C17H16Cl2N2O4S. The number of benzene rings is 1. The normalized spacial score (nSPS) is 11.5. The molecule has 138 valence electrons. The molecule has 9 heteroatoms. The number of rotatable bonds is 7. The van der Waals surface area contributed by atoms with Gasteiger partial charge in [-0.25, -0.2) is 0 Å². The third-order valence-corrected chi connectivity index (χ3v) is 4.50. The number of amides is 2. The van der Waals surface area contributed by atoms with Gasteiger partial charge < -0.3 is 15.4 Å². The molecule has 26 heavy (non-hydrogen) atoms. The van der Waals surface area contributed by atoms with Gasteiger partial charge in [-0.15, -0.1) is 0 Å². The van der Waals surface area contributed by atoms with E-state index in [9.17, 15) is 14.4 Å². The van der Waals surface area contributed by atoms with E-state index in [4.69, 9.17) is 27.9 Å². The standard InChI is InChI=1S/C17H16Cl2N2O4S/c1-10(16(23)21-14-3-2-12(18)8-13(14)19)25-15(22)4-6-20-17(24)11-5-7-26-9-11/h2-3,5,7-10H,4,6H2,1H3,(H,20,24)(H,21,23)/t10-/m1/s1. The molecule has 0 saturated heterocycles. The fourth-order valence-corrected chi connectivity index (χ4v) is 3.00. The van der Waals surface area contributed by atoms with Gasteiger partial charge in [0.1, 0.15) is 0 Å². The fraction of sp³-hybridized carbons (Fsp3) is 0.235. The number of nitrogens with one attached hydrogen (secondary N) is 2. The lowest BCUT2D eigenvalue weighted by molar-refractivity contribution is -0.153. The lowest BCUT2D eigenvalue weighted by Crippen LogP contribution is -2.32. The van der Waals surface area contributed by atoms with Crippen molar-refractivity contribution in [1.82, 2.24) is 5.32 Å². The van der Waals surface area contributed by atoms with Gasteiger partial charge in [0.2, 0.25) is 0 Å². The van der Waals surface area contributed by atoms with Crippen LogP contribution in [0, 0.1) is 0 Å². The van der Waals surface area contributed by atoms with E-state index in [0.717, 1.165) is 0 Å². The Morgan fingerprint density at radius 3 is 2.65 bits per heavy atom. The summed E-state index contributed by atoms with van der Waals surface area (Å²) in [6, 6.07) is 6.31. The minimum Gasteiger partial charge on any atom is -0.452 e. The molecule has 1 aromatic carbocycles. The lowest BCUT2D eigenvalue weighted by Gasteiger charge is -2.14. The van der Waals surface area contributed by atoms with Crippen LogP contribution in [0.3, 0.4) is 0 Å². The topological polar surface area (TPSA) is 84.5 Å². The Bertz CT molecular complexity index is 796. The molecular weight excluding hydrogens is 399 g/mol. The molecule has 2 rings (SSSR count). The number of hydrogen-bond donors (Lipinski definition) is 2. The Morgan fingerprint density at radius 1 is 1.23 bits per heavy atom. The van der Waals surface area contributed by atoms with Crippen LogP contribution in [0.1, 0.15) is 23.7 Å². The minimum atomic E-state index is -1.01. The molecule has 0 fully saturated rings. The SMILES string of the molecule is C[C@@H](OC(=O)CCNC(=O)c1ccsc1)C(=O)Nc1ccc(Cl)cc1Cl. The van der Waals surface area contributed by atoms with E-state index < -0.39 is 18.0 Å². The molecule has 1 atom stereocenters. The predicted molar refractivity (Wildman–Crippen MR) is 102 cm³/mol. The summed E-state index contributed by atoms with van der Waals surface area (Å²) >= 11 is 13.2. The van der Waals surface area contributed by atoms with E-state index in [2.05, 4.69) is 10.6 Å². The van der Waals surface area contributed by atoms with Gasteiger partial charge >= 0.3 is 5.97 Å². The maximum absolute atomic E-state index is 12.1. The second kappa shape index (κ2) is 9.56. The summed E-state index contributed by atoms with van der Waals surface area (Å²) in [4.78, 5) is 35.6. The molecule has 2 amide bonds. The van der Waals surface area contributed by atoms with Crippen LogP contribution < -0.4 is 10.6 Å². The molecule has 0 spiro atoms. The molecule has 0 bridgehead atoms. The number of halogens is 2. The van der Waals surface area contributed by atoms with Gasteiger partial charge in [-0.1, -0.05) is 23.2 Å². The average Bonchev–Trinajstić information content (AvgIpc) is 3.11. The van der Waals surface area contributed by atoms with Crippen LogP contribution in [0.2, 0.25) is 10.0 Å². The van der Waals surface area contributed by atoms with E-state index in [1.807, 2.05) is 0 Å². The van der Waals surface area contributed by atoms with Crippen molar-refractivity contribution in [3.8, 4) is 0 Å². The Kier molecular flexibility index (Phi) is 7.44. The first-order chi connectivity index (χ1) is 12.4. The van der Waals surface area contributed by atoms with Crippen LogP contribution in [0.5, 0.6) is 0 Å². The van der Waals surface area contributed by atoms with E-state index in [1.54, 1.807) is 29.0 Å². The van der Waals surface area contributed by atoms with Crippen molar-refractivity contribution >= 4 is 58.0 Å². The van der Waals surface area contributed by atoms with E-state index in [1.165, 1.54) is 24.3 Å². The zero-order chi connectivity index (χ0) is 19.1. The summed E-state index contributed by atoms with van der Waals surface area (Å²) < 4.78 is 5.05. The van der Waals surface area contributed by atoms with Crippen LogP contribution in [-0.2, 0) is 14.3 Å². The molecule has 0 aliphatic rings. The number of thiophene rings is 1. The zero-order valence-electron chi connectivity index (χ0n) is 13.8. The zero-order valence-corrected chi connectivity index (χ0v) is 16.1. The second-order valence-corrected chi connectivity index (χ2v) is 6.89. The van der Waals surface area contributed by atoms with Crippen molar-refractivity contribution in [3.63, 3.8) is 0 Å². The fourth-order valence-electron chi connectivity index (χ4n) is 1.91. The Hall–Kier alpha value is -2.09. The van der Waals surface area contributed by atoms with Gasteiger partial charge in [-0.3, -0.25) is 14.4 Å². The molecule has 0 saturated carbocycles. The second-order valence-electron chi connectivity index (χ2n) is 5.26. The number of ether oxygens (including phenoxy) is 1. The average molecular weight is 415 g/mol. The predicted octanol–water partition coefficient (Wildman–Crippen LogP) is 3.75. The highest BCUT2D eigenvalue weighted by atomic mass is 35.5. The monoisotopic (exact) mass is 414 g/mol. The molecule has 1 aromatic heterocycles. The first-order valence-corrected chi connectivity index (χ1v) is 9.32. The summed E-state index contributed by atoms with van der Waals surface area (Å²) in [5.74, 6) is -1.38. The van der Waals surface area contributed by atoms with E-state index >= 15 is 0 Å². The first-order valence-electron chi connectivity index (χ1n) is 7.62. The molecule has 6 nitrogen and oxygen atoms in total. The molecule has 1 heterocycles. The van der Waals surface area contributed by atoms with Crippen molar-refractivity contribution in [2.45, 2.75) is 19.4 Å². The van der Waals surface area contributed by atoms with Gasteiger partial charge in [-0.2, -0.15) is 11.3 Å². The Balaban J connectivity index is 1.75. The Morgan fingerprint density at radius 2 is 2.00 bits per heavy atom. The first kappa shape index (κ1) is 20.2. The van der Waals surface area contributed by atoms with Crippen molar-refractivity contribution < 1.29 is 19.1 Å². The van der Waals surface area contributed by atoms with Gasteiger partial charge in [0, 0.05) is 22.5 Å². The summed E-state index contributed by atoms with van der Waals surface area (Å²) in [5.41, 5.74) is 0.906. The highest BCUT2D eigenvalue weighted by Gasteiger charge is 2.19. The van der Waals surface area contributed by atoms with Crippen LogP contribution in [0.15, 0.2) is 35.0 Å². The van der Waals surface area contributed by atoms with E-state index in [-0.39, 0.29) is 23.9 Å². The summed E-state index contributed by atoms with van der Waals surface area (Å²) in [7, 11) is 0. The van der Waals surface area contributed by atoms with Crippen molar-refractivity contribution in [1.29, 1.82) is 0 Å². The number of carbonyl (C=O) groups is 3. The lowest BCUT2D eigenvalue weighted by atomic mass is 10.3. The minimum absolute atomic E-state index is 0.0464. The largest absolute Gasteiger partial charge is 0.452 e. The molecule has 0 aliphatic carbocycles. The third-order valence-electron chi connectivity index (χ3n) is 3.26. The van der Waals surface area contributed by atoms with Gasteiger partial charge in [0.15, 0.2) is 6.10 Å². The van der Waals surface area contributed by atoms with Gasteiger partial charge in [0.05, 0.1) is 17.1 Å². The highest BCUT2D eigenvalue weighted by molar-refractivity contribution is 7.08. The van der Waals surface area contributed by atoms with Crippen molar-refractivity contribution in [2.75, 3.05) is 11.9 Å². The third kappa shape index (κ3) is 6.01. The molecule has 2 N–H and O–H groups in total. The van der Waals surface area contributed by atoms with Crippen molar-refractivity contribution in [3.05, 3.63) is 50.6 Å². The summed E-state index contributed by atoms with van der Waals surface area (Å²) in [6.07, 6.45) is -1.06. The molecule has 2 aromatic rings. The van der Waals surface area contributed by atoms with Crippen LogP contribution >= 0.6 is 34.5 Å². The number of hydrogen-bond acceptors (Lipinski definition) is 5.